The number of nitrogens with one attached hydrogen (secondary N) is 1. The van der Waals surface area contributed by atoms with Crippen molar-refractivity contribution in [2.75, 3.05) is 11.9 Å². The second kappa shape index (κ2) is 9.95. The maximum Gasteiger partial charge on any atom is 0.338 e. The topological polar surface area (TPSA) is 152 Å². The molecule has 3 aromatic rings. The predicted octanol–water partition coefficient (Wildman–Crippen LogP) is 3.32. The number of anilines is 1. The van der Waals surface area contributed by atoms with Gasteiger partial charge in [0.15, 0.2) is 0 Å². The molecule has 10 heteroatoms. The summed E-state index contributed by atoms with van der Waals surface area (Å²) in [6, 6.07) is 16.8. The Morgan fingerprint density at radius 2 is 1.76 bits per heavy atom. The fraction of sp³-hybridized carbons (Fsp3) is 0.0870. The van der Waals surface area contributed by atoms with Crippen LogP contribution >= 0.6 is 0 Å². The van der Waals surface area contributed by atoms with E-state index in [1.54, 1.807) is 19.1 Å². The monoisotopic (exact) mass is 465 g/mol. The summed E-state index contributed by atoms with van der Waals surface area (Å²) >= 11 is 0. The molecule has 0 saturated heterocycles. The molecule has 0 bridgehead atoms. The average molecular weight is 465 g/mol. The number of nitriles is 1. The molecule has 0 atom stereocenters. The third-order valence-electron chi connectivity index (χ3n) is 4.40. The zero-order valence-corrected chi connectivity index (χ0v) is 18.3. The molecular formula is C23H19N3O6S. The number of carbonyl (C=O) groups is 2. The molecule has 9 nitrogen and oxygen atoms in total. The zero-order valence-electron chi connectivity index (χ0n) is 17.4. The molecule has 3 N–H and O–H groups in total. The van der Waals surface area contributed by atoms with E-state index in [0.29, 0.717) is 22.6 Å². The van der Waals surface area contributed by atoms with Gasteiger partial charge in [0.1, 0.15) is 23.2 Å². The van der Waals surface area contributed by atoms with Crippen LogP contribution in [0.3, 0.4) is 0 Å². The third-order valence-corrected chi connectivity index (χ3v) is 5.33. The summed E-state index contributed by atoms with van der Waals surface area (Å²) in [5, 5.41) is 17.1. The molecule has 168 valence electrons. The van der Waals surface area contributed by atoms with Crippen molar-refractivity contribution in [3.05, 3.63) is 77.6 Å². The van der Waals surface area contributed by atoms with E-state index in [1.165, 1.54) is 54.6 Å². The second-order valence-electron chi connectivity index (χ2n) is 6.69. The minimum absolute atomic E-state index is 0.0309. The molecule has 0 radical (unpaired) electrons. The molecular weight excluding hydrogens is 446 g/mol. The van der Waals surface area contributed by atoms with Gasteiger partial charge in [0.05, 0.1) is 17.1 Å². The fourth-order valence-corrected chi connectivity index (χ4v) is 3.30. The highest BCUT2D eigenvalue weighted by molar-refractivity contribution is 7.89. The highest BCUT2D eigenvalue weighted by Crippen LogP contribution is 2.25. The van der Waals surface area contributed by atoms with Gasteiger partial charge in [0.25, 0.3) is 5.91 Å². The molecule has 0 fully saturated rings. The van der Waals surface area contributed by atoms with Crippen molar-refractivity contribution < 1.29 is 27.2 Å². The van der Waals surface area contributed by atoms with Crippen molar-refractivity contribution in [2.24, 2.45) is 5.14 Å². The van der Waals surface area contributed by atoms with Crippen molar-refractivity contribution in [1.29, 1.82) is 5.26 Å². The third kappa shape index (κ3) is 5.94. The molecule has 33 heavy (non-hydrogen) atoms. The minimum atomic E-state index is -3.80. The Kier molecular flexibility index (Phi) is 7.07. The van der Waals surface area contributed by atoms with E-state index < -0.39 is 21.9 Å². The standard InChI is InChI=1S/C23H19N3O6S/c1-2-31-23(28)16-3-7-18(8-4-16)26-22(27)17(14-24)13-19-9-12-21(32-19)15-5-10-20(11-6-15)33(25,29)30/h3-13H,2H2,1H3,(H,26,27)(H2,25,29,30)/b17-13+. The van der Waals surface area contributed by atoms with Gasteiger partial charge in [-0.05, 0) is 67.6 Å². The SMILES string of the molecule is CCOC(=O)c1ccc(NC(=O)/C(C#N)=C/c2ccc(-c3ccc(S(N)(=O)=O)cc3)o2)cc1. The predicted molar refractivity (Wildman–Crippen MR) is 120 cm³/mol. The number of amides is 1. The summed E-state index contributed by atoms with van der Waals surface area (Å²) < 4.78 is 33.3. The lowest BCUT2D eigenvalue weighted by atomic mass is 10.2. The first-order valence-electron chi connectivity index (χ1n) is 9.64. The van der Waals surface area contributed by atoms with Gasteiger partial charge in [0, 0.05) is 17.3 Å². The Bertz CT molecular complexity index is 1350. The van der Waals surface area contributed by atoms with E-state index in [1.807, 2.05) is 6.07 Å². The maximum absolute atomic E-state index is 12.5. The summed E-state index contributed by atoms with van der Waals surface area (Å²) in [4.78, 5) is 24.1. The Balaban J connectivity index is 1.73. The van der Waals surface area contributed by atoms with Gasteiger partial charge in [-0.1, -0.05) is 0 Å². The minimum Gasteiger partial charge on any atom is -0.462 e. The van der Waals surface area contributed by atoms with Crippen molar-refractivity contribution in [3.8, 4) is 17.4 Å². The van der Waals surface area contributed by atoms with Gasteiger partial charge >= 0.3 is 5.97 Å². The first-order chi connectivity index (χ1) is 15.7. The van der Waals surface area contributed by atoms with Crippen LogP contribution < -0.4 is 10.5 Å². The smallest absolute Gasteiger partial charge is 0.338 e. The summed E-state index contributed by atoms with van der Waals surface area (Å²) in [6.45, 7) is 1.96. The molecule has 0 saturated carbocycles. The fourth-order valence-electron chi connectivity index (χ4n) is 2.79. The number of sulfonamides is 1. The Morgan fingerprint density at radius 1 is 1.09 bits per heavy atom. The number of esters is 1. The number of nitrogens with two attached hydrogens (primary N) is 1. The number of benzene rings is 2. The van der Waals surface area contributed by atoms with Crippen LogP contribution in [0.4, 0.5) is 5.69 Å². The van der Waals surface area contributed by atoms with Crippen LogP contribution in [0.25, 0.3) is 17.4 Å². The van der Waals surface area contributed by atoms with Crippen LogP contribution in [0, 0.1) is 11.3 Å². The molecule has 1 heterocycles. The molecule has 2 aromatic carbocycles. The lowest BCUT2D eigenvalue weighted by Crippen LogP contribution is -2.13. The number of rotatable bonds is 7. The van der Waals surface area contributed by atoms with E-state index >= 15 is 0 Å². The highest BCUT2D eigenvalue weighted by atomic mass is 32.2. The summed E-state index contributed by atoms with van der Waals surface area (Å²) in [5.41, 5.74) is 1.12. The number of ether oxygens (including phenoxy) is 1. The summed E-state index contributed by atoms with van der Waals surface area (Å²) in [5.74, 6) is -0.461. The van der Waals surface area contributed by atoms with Gasteiger partial charge in [0.2, 0.25) is 10.0 Å². The number of hydrogen-bond donors (Lipinski definition) is 2. The van der Waals surface area contributed by atoms with Crippen LogP contribution in [0.15, 0.2) is 75.5 Å². The first-order valence-corrected chi connectivity index (χ1v) is 11.2. The van der Waals surface area contributed by atoms with Crippen molar-refractivity contribution in [2.45, 2.75) is 11.8 Å². The average Bonchev–Trinajstić information content (AvgIpc) is 3.26. The van der Waals surface area contributed by atoms with Crippen molar-refractivity contribution >= 4 is 33.7 Å². The van der Waals surface area contributed by atoms with Gasteiger partial charge in [-0.15, -0.1) is 0 Å². The van der Waals surface area contributed by atoms with E-state index in [2.05, 4.69) is 5.32 Å². The van der Waals surface area contributed by atoms with Crippen LogP contribution in [0.2, 0.25) is 0 Å². The summed E-state index contributed by atoms with van der Waals surface area (Å²) in [6.07, 6.45) is 1.28. The molecule has 3 rings (SSSR count). The molecule has 0 aliphatic rings. The largest absolute Gasteiger partial charge is 0.462 e. The zero-order chi connectivity index (χ0) is 24.0. The number of hydrogen-bond acceptors (Lipinski definition) is 7. The van der Waals surface area contributed by atoms with E-state index in [0.717, 1.165) is 0 Å². The Labute approximate surface area is 190 Å². The maximum atomic E-state index is 12.5. The molecule has 0 spiro atoms. The van der Waals surface area contributed by atoms with Gasteiger partial charge in [-0.25, -0.2) is 18.4 Å². The van der Waals surface area contributed by atoms with E-state index in [9.17, 15) is 23.3 Å². The van der Waals surface area contributed by atoms with Gasteiger partial charge in [-0.3, -0.25) is 4.79 Å². The lowest BCUT2D eigenvalue weighted by molar-refractivity contribution is -0.112. The van der Waals surface area contributed by atoms with E-state index in [4.69, 9.17) is 14.3 Å². The Hall–Kier alpha value is -4.20. The second-order valence-corrected chi connectivity index (χ2v) is 8.25. The van der Waals surface area contributed by atoms with E-state index in [-0.39, 0.29) is 22.8 Å². The molecule has 1 aromatic heterocycles. The first kappa shape index (κ1) is 23.5. The number of nitrogens with zero attached hydrogens (tertiary/aromatic N) is 1. The quantitative estimate of drug-likeness (QED) is 0.308. The molecule has 0 aliphatic heterocycles. The van der Waals surface area contributed by atoms with Crippen LogP contribution in [-0.4, -0.2) is 26.9 Å². The lowest BCUT2D eigenvalue weighted by Gasteiger charge is -2.06. The van der Waals surface area contributed by atoms with Crippen LogP contribution in [-0.2, 0) is 19.6 Å². The van der Waals surface area contributed by atoms with Crippen LogP contribution in [0.1, 0.15) is 23.0 Å². The molecule has 0 aliphatic carbocycles. The van der Waals surface area contributed by atoms with Crippen molar-refractivity contribution in [1.82, 2.24) is 0 Å². The summed E-state index contributed by atoms with van der Waals surface area (Å²) in [7, 11) is -3.80. The number of carbonyl (C=O) groups excluding carboxylic acids is 2. The van der Waals surface area contributed by atoms with Crippen LogP contribution in [0.5, 0.6) is 0 Å². The normalized spacial score (nSPS) is 11.5. The van der Waals surface area contributed by atoms with Gasteiger partial charge in [-0.2, -0.15) is 5.26 Å². The number of primary sulfonamides is 1. The highest BCUT2D eigenvalue weighted by Gasteiger charge is 2.13. The van der Waals surface area contributed by atoms with Crippen molar-refractivity contribution in [3.63, 3.8) is 0 Å². The number of furan rings is 1. The molecule has 0 unspecified atom stereocenters. The molecule has 1 amide bonds. The van der Waals surface area contributed by atoms with Gasteiger partial charge < -0.3 is 14.5 Å². The Morgan fingerprint density at radius 3 is 2.33 bits per heavy atom.